The lowest BCUT2D eigenvalue weighted by Crippen LogP contribution is -1.90. The standard InChI is InChI=1S/C7H5FN2/c8-7-6(3-4-9)2-1-5-10-7/h1-2,5H,3H2. The highest BCUT2D eigenvalue weighted by atomic mass is 19.1. The van der Waals surface area contributed by atoms with E-state index in [4.69, 9.17) is 5.26 Å². The summed E-state index contributed by atoms with van der Waals surface area (Å²) in [5.74, 6) is -0.552. The summed E-state index contributed by atoms with van der Waals surface area (Å²) < 4.78 is 12.5. The first-order chi connectivity index (χ1) is 4.84. The van der Waals surface area contributed by atoms with E-state index in [1.165, 1.54) is 6.20 Å². The predicted octanol–water partition coefficient (Wildman–Crippen LogP) is 1.29. The zero-order chi connectivity index (χ0) is 7.40. The van der Waals surface area contributed by atoms with Crippen molar-refractivity contribution >= 4 is 0 Å². The van der Waals surface area contributed by atoms with Crippen molar-refractivity contribution in [1.82, 2.24) is 4.98 Å². The van der Waals surface area contributed by atoms with Gasteiger partial charge in [0.1, 0.15) is 0 Å². The van der Waals surface area contributed by atoms with Crippen LogP contribution in [0.15, 0.2) is 18.3 Å². The van der Waals surface area contributed by atoms with Crippen LogP contribution in [0.25, 0.3) is 0 Å². The minimum absolute atomic E-state index is 0.0830. The van der Waals surface area contributed by atoms with Gasteiger partial charge in [0.15, 0.2) is 0 Å². The number of hydrogen-bond acceptors (Lipinski definition) is 2. The topological polar surface area (TPSA) is 36.7 Å². The van der Waals surface area contributed by atoms with E-state index in [1.807, 2.05) is 6.07 Å². The van der Waals surface area contributed by atoms with E-state index in [9.17, 15) is 4.39 Å². The van der Waals surface area contributed by atoms with Gasteiger partial charge in [-0.3, -0.25) is 0 Å². The van der Waals surface area contributed by atoms with Crippen LogP contribution in [0.5, 0.6) is 0 Å². The molecule has 0 radical (unpaired) electrons. The molecule has 0 saturated heterocycles. The normalized spacial score (nSPS) is 8.80. The summed E-state index contributed by atoms with van der Waals surface area (Å²) in [7, 11) is 0. The highest BCUT2D eigenvalue weighted by Gasteiger charge is 1.98. The smallest absolute Gasteiger partial charge is 0.217 e. The van der Waals surface area contributed by atoms with Gasteiger partial charge >= 0.3 is 0 Å². The largest absolute Gasteiger partial charge is 0.228 e. The first-order valence-electron chi connectivity index (χ1n) is 2.81. The van der Waals surface area contributed by atoms with Crippen LogP contribution in [0.1, 0.15) is 5.56 Å². The van der Waals surface area contributed by atoms with Crippen molar-refractivity contribution in [2.24, 2.45) is 0 Å². The molecule has 50 valence electrons. The Labute approximate surface area is 57.9 Å². The van der Waals surface area contributed by atoms with Gasteiger partial charge in [0, 0.05) is 11.8 Å². The van der Waals surface area contributed by atoms with Crippen molar-refractivity contribution in [1.29, 1.82) is 5.26 Å². The van der Waals surface area contributed by atoms with E-state index >= 15 is 0 Å². The molecule has 0 N–H and O–H groups in total. The van der Waals surface area contributed by atoms with Crippen LogP contribution in [-0.2, 0) is 6.42 Å². The molecule has 0 unspecified atom stereocenters. The molecular formula is C7H5FN2. The molecule has 0 fully saturated rings. The van der Waals surface area contributed by atoms with Gasteiger partial charge in [-0.25, -0.2) is 4.98 Å². The molecule has 0 saturated carbocycles. The van der Waals surface area contributed by atoms with Crippen LogP contribution in [-0.4, -0.2) is 4.98 Å². The fraction of sp³-hybridized carbons (Fsp3) is 0.143. The van der Waals surface area contributed by atoms with Gasteiger partial charge in [-0.05, 0) is 6.07 Å². The lowest BCUT2D eigenvalue weighted by Gasteiger charge is -1.92. The molecule has 0 aliphatic heterocycles. The Morgan fingerprint density at radius 3 is 3.10 bits per heavy atom. The first-order valence-corrected chi connectivity index (χ1v) is 2.81. The highest BCUT2D eigenvalue weighted by Crippen LogP contribution is 2.02. The van der Waals surface area contributed by atoms with Gasteiger partial charge in [0.2, 0.25) is 5.95 Å². The quantitative estimate of drug-likeness (QED) is 0.545. The fourth-order valence-electron chi connectivity index (χ4n) is 0.636. The van der Waals surface area contributed by atoms with E-state index in [0.717, 1.165) is 0 Å². The average molecular weight is 136 g/mol. The number of nitrogens with zero attached hydrogens (tertiary/aromatic N) is 2. The van der Waals surface area contributed by atoms with E-state index in [1.54, 1.807) is 12.1 Å². The fourth-order valence-corrected chi connectivity index (χ4v) is 0.636. The Morgan fingerprint density at radius 2 is 2.50 bits per heavy atom. The Balaban J connectivity index is 2.94. The van der Waals surface area contributed by atoms with Crippen LogP contribution in [0.2, 0.25) is 0 Å². The van der Waals surface area contributed by atoms with E-state index in [2.05, 4.69) is 4.98 Å². The Kier molecular flexibility index (Phi) is 1.96. The van der Waals surface area contributed by atoms with Gasteiger partial charge < -0.3 is 0 Å². The van der Waals surface area contributed by atoms with Crippen LogP contribution in [0.3, 0.4) is 0 Å². The maximum atomic E-state index is 12.5. The van der Waals surface area contributed by atoms with Gasteiger partial charge in [0.25, 0.3) is 0 Å². The third-order valence-electron chi connectivity index (χ3n) is 1.11. The second kappa shape index (κ2) is 2.92. The Morgan fingerprint density at radius 1 is 1.70 bits per heavy atom. The zero-order valence-corrected chi connectivity index (χ0v) is 5.21. The summed E-state index contributed by atoms with van der Waals surface area (Å²) in [5, 5.41) is 8.20. The number of pyridine rings is 1. The molecule has 0 aromatic carbocycles. The summed E-state index contributed by atoms with van der Waals surface area (Å²) >= 11 is 0. The van der Waals surface area contributed by atoms with E-state index < -0.39 is 5.95 Å². The number of nitriles is 1. The van der Waals surface area contributed by atoms with Crippen LogP contribution < -0.4 is 0 Å². The average Bonchev–Trinajstić information content (AvgIpc) is 1.94. The molecule has 1 rings (SSSR count). The molecule has 0 spiro atoms. The number of halogens is 1. The maximum Gasteiger partial charge on any atom is 0.217 e. The second-order valence-corrected chi connectivity index (χ2v) is 1.79. The minimum Gasteiger partial charge on any atom is -0.228 e. The molecule has 0 aliphatic rings. The molecule has 0 aliphatic carbocycles. The minimum atomic E-state index is -0.552. The molecule has 3 heteroatoms. The summed E-state index contributed by atoms with van der Waals surface area (Å²) in [6.45, 7) is 0. The Bertz CT molecular complexity index is 265. The van der Waals surface area contributed by atoms with Crippen molar-refractivity contribution in [3.63, 3.8) is 0 Å². The zero-order valence-electron chi connectivity index (χ0n) is 5.21. The SMILES string of the molecule is N#CCc1cccnc1F. The molecule has 0 bridgehead atoms. The molecule has 1 aromatic rings. The molecule has 2 nitrogen and oxygen atoms in total. The monoisotopic (exact) mass is 136 g/mol. The molecule has 0 amide bonds. The van der Waals surface area contributed by atoms with Crippen molar-refractivity contribution in [3.05, 3.63) is 29.8 Å². The van der Waals surface area contributed by atoms with Crippen LogP contribution in [0.4, 0.5) is 4.39 Å². The van der Waals surface area contributed by atoms with Crippen molar-refractivity contribution < 1.29 is 4.39 Å². The number of rotatable bonds is 1. The lowest BCUT2D eigenvalue weighted by atomic mass is 10.2. The maximum absolute atomic E-state index is 12.5. The molecule has 1 heterocycles. The summed E-state index contributed by atoms with van der Waals surface area (Å²) in [4.78, 5) is 3.38. The van der Waals surface area contributed by atoms with Gasteiger partial charge in [0.05, 0.1) is 12.5 Å². The molecule has 10 heavy (non-hydrogen) atoms. The number of hydrogen-bond donors (Lipinski definition) is 0. The lowest BCUT2D eigenvalue weighted by molar-refractivity contribution is 0.571. The summed E-state index contributed by atoms with van der Waals surface area (Å²) in [6.07, 6.45) is 1.44. The molecule has 0 atom stereocenters. The van der Waals surface area contributed by atoms with Crippen molar-refractivity contribution in [2.75, 3.05) is 0 Å². The second-order valence-electron chi connectivity index (χ2n) is 1.79. The summed E-state index contributed by atoms with van der Waals surface area (Å²) in [5.41, 5.74) is 0.352. The van der Waals surface area contributed by atoms with Gasteiger partial charge in [-0.2, -0.15) is 9.65 Å². The first kappa shape index (κ1) is 6.69. The van der Waals surface area contributed by atoms with E-state index in [-0.39, 0.29) is 6.42 Å². The number of aromatic nitrogens is 1. The van der Waals surface area contributed by atoms with Gasteiger partial charge in [-0.1, -0.05) is 6.07 Å². The predicted molar refractivity (Wildman–Crippen MR) is 33.5 cm³/mol. The molecular weight excluding hydrogens is 131 g/mol. The van der Waals surface area contributed by atoms with Gasteiger partial charge in [-0.15, -0.1) is 0 Å². The van der Waals surface area contributed by atoms with E-state index in [0.29, 0.717) is 5.56 Å². The highest BCUT2D eigenvalue weighted by molar-refractivity contribution is 5.14. The van der Waals surface area contributed by atoms with Crippen LogP contribution in [0, 0.1) is 17.3 Å². The summed E-state index contributed by atoms with van der Waals surface area (Å²) in [6, 6.07) is 5.00. The third-order valence-corrected chi connectivity index (χ3v) is 1.11. The molecule has 1 aromatic heterocycles. The van der Waals surface area contributed by atoms with Crippen molar-refractivity contribution in [3.8, 4) is 6.07 Å². The Hall–Kier alpha value is -1.43. The third kappa shape index (κ3) is 1.29. The van der Waals surface area contributed by atoms with Crippen molar-refractivity contribution in [2.45, 2.75) is 6.42 Å². The van der Waals surface area contributed by atoms with Crippen LogP contribution >= 0.6 is 0 Å².